The van der Waals surface area contributed by atoms with Gasteiger partial charge in [-0.2, -0.15) is 16.9 Å². The van der Waals surface area contributed by atoms with Gasteiger partial charge in [-0.25, -0.2) is 0 Å². The number of rotatable bonds is 7. The van der Waals surface area contributed by atoms with Crippen LogP contribution in [0.15, 0.2) is 12.3 Å². The second-order valence-corrected chi connectivity index (χ2v) is 6.87. The zero-order valence-corrected chi connectivity index (χ0v) is 13.1. The summed E-state index contributed by atoms with van der Waals surface area (Å²) in [6.07, 6.45) is 12.3. The molecule has 0 unspecified atom stereocenters. The van der Waals surface area contributed by atoms with E-state index in [-0.39, 0.29) is 0 Å². The molecule has 1 heterocycles. The van der Waals surface area contributed by atoms with Gasteiger partial charge in [0.15, 0.2) is 0 Å². The number of nitrogens with one attached hydrogen (secondary N) is 1. The van der Waals surface area contributed by atoms with E-state index in [1.165, 1.54) is 37.8 Å². The van der Waals surface area contributed by atoms with Gasteiger partial charge in [-0.3, -0.25) is 4.68 Å². The van der Waals surface area contributed by atoms with E-state index in [9.17, 15) is 0 Å². The Morgan fingerprint density at radius 1 is 1.37 bits per heavy atom. The first-order valence-corrected chi connectivity index (χ1v) is 8.79. The first-order valence-electron chi connectivity index (χ1n) is 7.56. The van der Waals surface area contributed by atoms with Gasteiger partial charge < -0.3 is 5.32 Å². The molecular weight excluding hydrogens is 254 g/mol. The number of aryl methyl sites for hydroxylation is 1. The van der Waals surface area contributed by atoms with Gasteiger partial charge >= 0.3 is 0 Å². The molecule has 1 aliphatic carbocycles. The molecule has 1 aliphatic rings. The van der Waals surface area contributed by atoms with Gasteiger partial charge in [0.25, 0.3) is 0 Å². The van der Waals surface area contributed by atoms with Crippen LogP contribution in [0.4, 0.5) is 0 Å². The predicted molar refractivity (Wildman–Crippen MR) is 83.6 cm³/mol. The third-order valence-electron chi connectivity index (χ3n) is 4.19. The summed E-state index contributed by atoms with van der Waals surface area (Å²) in [6.45, 7) is 5.30. The predicted octanol–water partition coefficient (Wildman–Crippen LogP) is 3.45. The summed E-state index contributed by atoms with van der Waals surface area (Å²) in [5, 5.41) is 8.05. The van der Waals surface area contributed by atoms with Crippen LogP contribution in [0.5, 0.6) is 0 Å². The van der Waals surface area contributed by atoms with E-state index in [0.29, 0.717) is 4.75 Å². The molecular formula is C15H27N3S. The average Bonchev–Trinajstić information content (AvgIpc) is 2.88. The van der Waals surface area contributed by atoms with Crippen molar-refractivity contribution in [3.63, 3.8) is 0 Å². The molecule has 1 aromatic rings. The Bertz CT molecular complexity index is 369. The number of thioether (sulfide) groups is 1. The topological polar surface area (TPSA) is 29.9 Å². The molecule has 108 valence electrons. The van der Waals surface area contributed by atoms with Crippen LogP contribution >= 0.6 is 11.8 Å². The minimum Gasteiger partial charge on any atom is -0.310 e. The Kier molecular flexibility index (Phi) is 5.76. The summed E-state index contributed by atoms with van der Waals surface area (Å²) in [7, 11) is 0. The zero-order valence-electron chi connectivity index (χ0n) is 12.3. The van der Waals surface area contributed by atoms with Crippen molar-refractivity contribution in [1.82, 2.24) is 15.1 Å². The minimum absolute atomic E-state index is 0.480. The third kappa shape index (κ3) is 3.99. The lowest BCUT2D eigenvalue weighted by Crippen LogP contribution is -2.39. The van der Waals surface area contributed by atoms with Crippen molar-refractivity contribution in [3.05, 3.63) is 18.0 Å². The van der Waals surface area contributed by atoms with Crippen LogP contribution in [0, 0.1) is 0 Å². The number of hydrogen-bond acceptors (Lipinski definition) is 3. The molecule has 1 N–H and O–H groups in total. The Morgan fingerprint density at radius 3 is 2.84 bits per heavy atom. The van der Waals surface area contributed by atoms with Gasteiger partial charge in [0.05, 0.1) is 5.69 Å². The average molecular weight is 281 g/mol. The smallest absolute Gasteiger partial charge is 0.0522 e. The number of hydrogen-bond donors (Lipinski definition) is 1. The van der Waals surface area contributed by atoms with Crippen LogP contribution < -0.4 is 5.32 Å². The highest BCUT2D eigenvalue weighted by molar-refractivity contribution is 8.00. The van der Waals surface area contributed by atoms with Gasteiger partial charge in [-0.05, 0) is 31.6 Å². The first-order chi connectivity index (χ1) is 9.29. The number of nitrogens with zero attached hydrogens (tertiary/aromatic N) is 2. The largest absolute Gasteiger partial charge is 0.310 e. The van der Waals surface area contributed by atoms with Crippen LogP contribution in [0.3, 0.4) is 0 Å². The normalized spacial score (nSPS) is 18.6. The van der Waals surface area contributed by atoms with Gasteiger partial charge in [-0.15, -0.1) is 0 Å². The fourth-order valence-electron chi connectivity index (χ4n) is 2.99. The fourth-order valence-corrected chi connectivity index (χ4v) is 3.93. The SMILES string of the molecule is CCCn1nccc1CNCC1(SC)CCCCC1. The van der Waals surface area contributed by atoms with E-state index in [0.717, 1.165) is 26.1 Å². The lowest BCUT2D eigenvalue weighted by Gasteiger charge is -2.36. The van der Waals surface area contributed by atoms with E-state index in [2.05, 4.69) is 46.1 Å². The molecule has 0 spiro atoms. The lowest BCUT2D eigenvalue weighted by atomic mass is 9.88. The van der Waals surface area contributed by atoms with E-state index in [1.54, 1.807) is 0 Å². The maximum Gasteiger partial charge on any atom is 0.0522 e. The molecule has 4 heteroatoms. The molecule has 0 aromatic carbocycles. The summed E-state index contributed by atoms with van der Waals surface area (Å²) in [4.78, 5) is 0. The Hall–Kier alpha value is -0.480. The molecule has 0 radical (unpaired) electrons. The van der Waals surface area contributed by atoms with Crippen LogP contribution in [0.2, 0.25) is 0 Å². The van der Waals surface area contributed by atoms with Crippen molar-refractivity contribution in [3.8, 4) is 0 Å². The molecule has 1 saturated carbocycles. The Balaban J connectivity index is 1.83. The fraction of sp³-hybridized carbons (Fsp3) is 0.800. The highest BCUT2D eigenvalue weighted by Crippen LogP contribution is 2.37. The van der Waals surface area contributed by atoms with Crippen molar-refractivity contribution in [2.75, 3.05) is 12.8 Å². The summed E-state index contributed by atoms with van der Waals surface area (Å²) < 4.78 is 2.60. The maximum absolute atomic E-state index is 4.38. The summed E-state index contributed by atoms with van der Waals surface area (Å²) in [5.74, 6) is 0. The van der Waals surface area contributed by atoms with E-state index >= 15 is 0 Å². The third-order valence-corrected chi connectivity index (χ3v) is 5.61. The van der Waals surface area contributed by atoms with E-state index in [4.69, 9.17) is 0 Å². The highest BCUT2D eigenvalue weighted by atomic mass is 32.2. The van der Waals surface area contributed by atoms with Crippen molar-refractivity contribution < 1.29 is 0 Å². The summed E-state index contributed by atoms with van der Waals surface area (Å²) in [6, 6.07) is 2.13. The standard InChI is InChI=1S/C15H27N3S/c1-3-11-18-14(7-10-17-18)12-16-13-15(19-2)8-5-4-6-9-15/h7,10,16H,3-6,8-9,11-13H2,1-2H3. The van der Waals surface area contributed by atoms with Crippen LogP contribution in [-0.2, 0) is 13.1 Å². The first kappa shape index (κ1) is 14.9. The van der Waals surface area contributed by atoms with Crippen molar-refractivity contribution in [2.24, 2.45) is 0 Å². The second kappa shape index (κ2) is 7.34. The van der Waals surface area contributed by atoms with Crippen LogP contribution in [0.1, 0.15) is 51.1 Å². The zero-order chi connectivity index (χ0) is 13.6. The molecule has 3 nitrogen and oxygen atoms in total. The molecule has 1 aromatic heterocycles. The molecule has 0 atom stereocenters. The number of aromatic nitrogens is 2. The molecule has 0 saturated heterocycles. The van der Waals surface area contributed by atoms with Crippen molar-refractivity contribution >= 4 is 11.8 Å². The van der Waals surface area contributed by atoms with Crippen LogP contribution in [-0.4, -0.2) is 27.3 Å². The monoisotopic (exact) mass is 281 g/mol. The van der Waals surface area contributed by atoms with Gasteiger partial charge in [-0.1, -0.05) is 26.2 Å². The Labute approximate surface area is 121 Å². The molecule has 1 fully saturated rings. The van der Waals surface area contributed by atoms with Crippen LogP contribution in [0.25, 0.3) is 0 Å². The molecule has 2 rings (SSSR count). The molecule has 0 bridgehead atoms. The van der Waals surface area contributed by atoms with Crippen molar-refractivity contribution in [1.29, 1.82) is 0 Å². The minimum atomic E-state index is 0.480. The lowest BCUT2D eigenvalue weighted by molar-refractivity contribution is 0.377. The molecule has 0 amide bonds. The summed E-state index contributed by atoms with van der Waals surface area (Å²) in [5.41, 5.74) is 1.31. The van der Waals surface area contributed by atoms with Gasteiger partial charge in [0.2, 0.25) is 0 Å². The highest BCUT2D eigenvalue weighted by Gasteiger charge is 2.30. The van der Waals surface area contributed by atoms with E-state index < -0.39 is 0 Å². The Morgan fingerprint density at radius 2 is 2.16 bits per heavy atom. The molecule has 0 aliphatic heterocycles. The van der Waals surface area contributed by atoms with E-state index in [1.807, 2.05) is 6.20 Å². The summed E-state index contributed by atoms with van der Waals surface area (Å²) >= 11 is 2.06. The quantitative estimate of drug-likeness (QED) is 0.830. The maximum atomic E-state index is 4.38. The van der Waals surface area contributed by atoms with Gasteiger partial charge in [0.1, 0.15) is 0 Å². The molecule has 19 heavy (non-hydrogen) atoms. The van der Waals surface area contributed by atoms with Gasteiger partial charge in [0, 0.05) is 30.6 Å². The van der Waals surface area contributed by atoms with Crippen molar-refractivity contribution in [2.45, 2.75) is 63.3 Å². The second-order valence-electron chi connectivity index (χ2n) is 5.60.